The highest BCUT2D eigenvalue weighted by Crippen LogP contribution is 2.38. The molecule has 1 N–H and O–H groups in total. The van der Waals surface area contributed by atoms with Gasteiger partial charge >= 0.3 is 0 Å². The monoisotopic (exact) mass is 444 g/mol. The zero-order chi connectivity index (χ0) is 22.8. The Bertz CT molecular complexity index is 1160. The number of nitro benzene ring substituents is 1. The Morgan fingerprint density at radius 1 is 1.15 bits per heavy atom. The third-order valence-corrected chi connectivity index (χ3v) is 6.43. The second-order valence-corrected chi connectivity index (χ2v) is 8.35. The largest absolute Gasteiger partial charge is 0.364 e. The minimum Gasteiger partial charge on any atom is -0.364 e. The first-order valence-electron chi connectivity index (χ1n) is 11.0. The van der Waals surface area contributed by atoms with E-state index in [0.717, 1.165) is 29.2 Å². The van der Waals surface area contributed by atoms with Gasteiger partial charge in [0, 0.05) is 56.4 Å². The van der Waals surface area contributed by atoms with Crippen LogP contribution >= 0.6 is 0 Å². The van der Waals surface area contributed by atoms with Crippen molar-refractivity contribution in [1.82, 2.24) is 15.3 Å². The molecule has 0 spiro atoms. The van der Waals surface area contributed by atoms with E-state index in [9.17, 15) is 14.9 Å². The zero-order valence-corrected chi connectivity index (χ0v) is 18.0. The van der Waals surface area contributed by atoms with Crippen LogP contribution in [0.2, 0.25) is 0 Å². The Balaban J connectivity index is 1.43. The summed E-state index contributed by atoms with van der Waals surface area (Å²) in [6.07, 6.45) is 5.50. The van der Waals surface area contributed by atoms with Crippen molar-refractivity contribution in [3.05, 3.63) is 88.4 Å². The molecule has 5 rings (SSSR count). The van der Waals surface area contributed by atoms with E-state index in [-0.39, 0.29) is 28.5 Å². The van der Waals surface area contributed by atoms with Gasteiger partial charge in [0.05, 0.1) is 23.1 Å². The molecule has 2 aliphatic heterocycles. The summed E-state index contributed by atoms with van der Waals surface area (Å²) in [6, 6.07) is 14.7. The minimum absolute atomic E-state index is 0.0491. The van der Waals surface area contributed by atoms with Crippen LogP contribution in [-0.2, 0) is 17.8 Å². The normalized spacial score (nSPS) is 19.4. The zero-order valence-electron chi connectivity index (χ0n) is 18.0. The number of hydrogen-bond donors (Lipinski definition) is 1. The molecule has 0 radical (unpaired) electrons. The molecule has 3 aromatic rings. The quantitative estimate of drug-likeness (QED) is 0.476. The summed E-state index contributed by atoms with van der Waals surface area (Å²) in [5.74, 6) is 0.393. The van der Waals surface area contributed by atoms with Gasteiger partial charge < -0.3 is 15.1 Å². The number of carbonyl (C=O) groups excluding carboxylic acids is 1. The Labute approximate surface area is 191 Å². The minimum atomic E-state index is -0.386. The molecule has 0 aliphatic carbocycles. The Morgan fingerprint density at radius 2 is 2.00 bits per heavy atom. The molecule has 0 saturated carbocycles. The van der Waals surface area contributed by atoms with E-state index in [1.807, 2.05) is 36.4 Å². The lowest BCUT2D eigenvalue weighted by atomic mass is 9.83. The summed E-state index contributed by atoms with van der Waals surface area (Å²) < 4.78 is 0. The van der Waals surface area contributed by atoms with Crippen LogP contribution in [0, 0.1) is 16.0 Å². The van der Waals surface area contributed by atoms with Crippen molar-refractivity contribution < 1.29 is 9.72 Å². The molecule has 33 heavy (non-hydrogen) atoms. The average Bonchev–Trinajstić information content (AvgIpc) is 2.87. The molecule has 2 atom stereocenters. The molecule has 3 heterocycles. The van der Waals surface area contributed by atoms with Crippen molar-refractivity contribution in [1.29, 1.82) is 0 Å². The molecule has 1 amide bonds. The van der Waals surface area contributed by atoms with Gasteiger partial charge in [-0.15, -0.1) is 0 Å². The SMILES string of the molecule is O=C(NCc1ccccc1)[C@H]1Cc2cc([N+](=O)[O-])ccc2N2CCN(c3cnccn3)C[C@@H]12. The lowest BCUT2D eigenvalue weighted by molar-refractivity contribution is -0.384. The number of anilines is 2. The van der Waals surface area contributed by atoms with E-state index in [1.165, 1.54) is 0 Å². The molecule has 9 heteroatoms. The van der Waals surface area contributed by atoms with Crippen molar-refractivity contribution in [2.75, 3.05) is 29.4 Å². The van der Waals surface area contributed by atoms with E-state index in [4.69, 9.17) is 0 Å². The summed E-state index contributed by atoms with van der Waals surface area (Å²) in [4.78, 5) is 37.3. The second kappa shape index (κ2) is 8.85. The van der Waals surface area contributed by atoms with Gasteiger partial charge in [0.15, 0.2) is 0 Å². The van der Waals surface area contributed by atoms with Gasteiger partial charge in [-0.05, 0) is 23.6 Å². The Kier molecular flexibility index (Phi) is 5.60. The molecule has 0 bridgehead atoms. The Morgan fingerprint density at radius 3 is 2.76 bits per heavy atom. The molecule has 1 aromatic heterocycles. The summed E-state index contributed by atoms with van der Waals surface area (Å²) in [5.41, 5.74) is 2.89. The van der Waals surface area contributed by atoms with Gasteiger partial charge in [-0.2, -0.15) is 0 Å². The van der Waals surface area contributed by atoms with E-state index < -0.39 is 0 Å². The third kappa shape index (κ3) is 4.21. The van der Waals surface area contributed by atoms with Crippen LogP contribution in [0.1, 0.15) is 11.1 Å². The summed E-state index contributed by atoms with van der Waals surface area (Å²) in [6.45, 7) is 2.48. The fraction of sp³-hybridized carbons (Fsp3) is 0.292. The summed E-state index contributed by atoms with van der Waals surface area (Å²) in [5, 5.41) is 14.4. The van der Waals surface area contributed by atoms with E-state index >= 15 is 0 Å². The number of amides is 1. The topological polar surface area (TPSA) is 104 Å². The average molecular weight is 444 g/mol. The van der Waals surface area contributed by atoms with Gasteiger partial charge in [0.2, 0.25) is 5.91 Å². The van der Waals surface area contributed by atoms with Gasteiger partial charge in [-0.3, -0.25) is 19.9 Å². The maximum absolute atomic E-state index is 13.4. The van der Waals surface area contributed by atoms with Crippen molar-refractivity contribution in [2.24, 2.45) is 5.92 Å². The fourth-order valence-corrected chi connectivity index (χ4v) is 4.80. The number of aromatic nitrogens is 2. The summed E-state index contributed by atoms with van der Waals surface area (Å²) in [7, 11) is 0. The van der Waals surface area contributed by atoms with Crippen LogP contribution in [0.3, 0.4) is 0 Å². The van der Waals surface area contributed by atoms with Crippen LogP contribution in [0.25, 0.3) is 0 Å². The molecular weight excluding hydrogens is 420 g/mol. The number of rotatable bonds is 5. The molecule has 9 nitrogen and oxygen atoms in total. The van der Waals surface area contributed by atoms with Gasteiger partial charge in [-0.1, -0.05) is 30.3 Å². The fourth-order valence-electron chi connectivity index (χ4n) is 4.80. The smallest absolute Gasteiger partial charge is 0.269 e. The molecular formula is C24H24N6O3. The number of nitrogens with one attached hydrogen (secondary N) is 1. The van der Waals surface area contributed by atoms with Crippen LogP contribution in [-0.4, -0.2) is 46.5 Å². The highest BCUT2D eigenvalue weighted by atomic mass is 16.6. The summed E-state index contributed by atoms with van der Waals surface area (Å²) >= 11 is 0. The molecule has 1 saturated heterocycles. The highest BCUT2D eigenvalue weighted by Gasteiger charge is 2.42. The van der Waals surface area contributed by atoms with Gasteiger partial charge in [0.1, 0.15) is 5.82 Å². The first-order chi connectivity index (χ1) is 16.1. The van der Waals surface area contributed by atoms with Crippen molar-refractivity contribution in [3.8, 4) is 0 Å². The van der Waals surface area contributed by atoms with Gasteiger partial charge in [0.25, 0.3) is 5.69 Å². The number of nitro groups is 1. The maximum Gasteiger partial charge on any atom is 0.269 e. The molecule has 0 unspecified atom stereocenters. The van der Waals surface area contributed by atoms with E-state index in [0.29, 0.717) is 26.1 Å². The maximum atomic E-state index is 13.4. The van der Waals surface area contributed by atoms with Crippen LogP contribution in [0.15, 0.2) is 67.1 Å². The number of nitrogens with zero attached hydrogens (tertiary/aromatic N) is 5. The lowest BCUT2D eigenvalue weighted by Gasteiger charge is -2.49. The molecule has 2 aromatic carbocycles. The first-order valence-corrected chi connectivity index (χ1v) is 11.0. The van der Waals surface area contributed by atoms with Gasteiger partial charge in [-0.25, -0.2) is 4.98 Å². The van der Waals surface area contributed by atoms with Crippen LogP contribution in [0.5, 0.6) is 0 Å². The predicted molar refractivity (Wildman–Crippen MR) is 124 cm³/mol. The van der Waals surface area contributed by atoms with Crippen LogP contribution in [0.4, 0.5) is 17.2 Å². The number of fused-ring (bicyclic) bond motifs is 3. The predicted octanol–water partition coefficient (Wildman–Crippen LogP) is 2.57. The number of benzene rings is 2. The lowest BCUT2D eigenvalue weighted by Crippen LogP contribution is -2.61. The number of piperazine rings is 1. The second-order valence-electron chi connectivity index (χ2n) is 8.35. The van der Waals surface area contributed by atoms with E-state index in [2.05, 4.69) is 25.1 Å². The van der Waals surface area contributed by atoms with Crippen molar-refractivity contribution >= 4 is 23.1 Å². The molecule has 1 fully saturated rings. The Hall–Kier alpha value is -4.01. The molecule has 168 valence electrons. The third-order valence-electron chi connectivity index (χ3n) is 6.43. The van der Waals surface area contributed by atoms with Crippen molar-refractivity contribution in [2.45, 2.75) is 19.0 Å². The molecule has 2 aliphatic rings. The number of hydrogen-bond acceptors (Lipinski definition) is 7. The highest BCUT2D eigenvalue weighted by molar-refractivity contribution is 5.82. The van der Waals surface area contributed by atoms with Crippen LogP contribution < -0.4 is 15.1 Å². The van der Waals surface area contributed by atoms with Crippen molar-refractivity contribution in [3.63, 3.8) is 0 Å². The number of non-ortho nitro benzene ring substituents is 1. The first kappa shape index (κ1) is 20.9. The standard InChI is InChI=1S/C24H24N6O3/c31-24(27-14-17-4-2-1-3-5-17)20-13-18-12-19(30(32)33)6-7-21(18)29-11-10-28(16-22(20)29)23-15-25-8-9-26-23/h1-9,12,15,20,22H,10-11,13-14,16H2,(H,27,31)/t20-,22-/m0/s1. The van der Waals surface area contributed by atoms with E-state index in [1.54, 1.807) is 30.7 Å². The number of carbonyl (C=O) groups is 1.